The van der Waals surface area contributed by atoms with Gasteiger partial charge in [0.25, 0.3) is 10.0 Å². The van der Waals surface area contributed by atoms with Gasteiger partial charge in [0, 0.05) is 15.5 Å². The van der Waals surface area contributed by atoms with Gasteiger partial charge in [-0.3, -0.25) is 9.52 Å². The van der Waals surface area contributed by atoms with Crippen LogP contribution in [0.5, 0.6) is 0 Å². The number of halogens is 1. The number of aromatic nitrogens is 1. The fourth-order valence-corrected chi connectivity index (χ4v) is 4.44. The Morgan fingerprint density at radius 2 is 2.19 bits per heavy atom. The van der Waals surface area contributed by atoms with Gasteiger partial charge in [-0.25, -0.2) is 13.4 Å². The van der Waals surface area contributed by atoms with Crippen LogP contribution < -0.4 is 4.72 Å². The molecule has 0 unspecified atom stereocenters. The van der Waals surface area contributed by atoms with E-state index in [1.165, 1.54) is 18.3 Å². The van der Waals surface area contributed by atoms with Gasteiger partial charge < -0.3 is 5.11 Å². The summed E-state index contributed by atoms with van der Waals surface area (Å²) in [5, 5.41) is 8.70. The number of pyridine rings is 1. The predicted octanol–water partition coefficient (Wildman–Crippen LogP) is 2.64. The lowest BCUT2D eigenvalue weighted by Gasteiger charge is -2.08. The van der Waals surface area contributed by atoms with E-state index >= 15 is 0 Å². The molecular weight excluding hydrogens is 380 g/mol. The van der Waals surface area contributed by atoms with Crippen LogP contribution in [-0.2, 0) is 21.2 Å². The van der Waals surface area contributed by atoms with E-state index in [1.807, 2.05) is 0 Å². The molecule has 0 aliphatic rings. The molecule has 0 atom stereocenters. The van der Waals surface area contributed by atoms with Crippen LogP contribution >= 0.6 is 27.3 Å². The predicted molar refractivity (Wildman–Crippen MR) is 83.1 cm³/mol. The molecule has 2 N–H and O–H groups in total. The standard InChI is InChI=1S/C12H11BrN2O4S2/c1-7-4-8(13)6-14-12(7)15-21(18,19)11-3-2-9(20-11)5-10(16)17/h2-4,6H,5H2,1H3,(H,14,15)(H,16,17). The average molecular weight is 391 g/mol. The Kier molecular flexibility index (Phi) is 4.64. The van der Waals surface area contributed by atoms with Gasteiger partial charge in [0.1, 0.15) is 10.0 Å². The maximum atomic E-state index is 12.2. The largest absolute Gasteiger partial charge is 0.481 e. The topological polar surface area (TPSA) is 96.4 Å². The van der Waals surface area contributed by atoms with Crippen LogP contribution in [0.15, 0.2) is 33.1 Å². The number of aliphatic carboxylic acids is 1. The van der Waals surface area contributed by atoms with E-state index in [4.69, 9.17) is 5.11 Å². The summed E-state index contributed by atoms with van der Waals surface area (Å²) in [5.74, 6) is -0.759. The van der Waals surface area contributed by atoms with Gasteiger partial charge in [0.05, 0.1) is 6.42 Å². The monoisotopic (exact) mass is 390 g/mol. The number of aryl methyl sites for hydroxylation is 1. The fraction of sp³-hybridized carbons (Fsp3) is 0.167. The second-order valence-corrected chi connectivity index (χ2v) is 8.21. The van der Waals surface area contributed by atoms with Crippen molar-refractivity contribution in [3.63, 3.8) is 0 Å². The van der Waals surface area contributed by atoms with Crippen LogP contribution in [0.1, 0.15) is 10.4 Å². The molecule has 21 heavy (non-hydrogen) atoms. The van der Waals surface area contributed by atoms with Crippen LogP contribution in [0.25, 0.3) is 0 Å². The third-order valence-electron chi connectivity index (χ3n) is 2.50. The highest BCUT2D eigenvalue weighted by Gasteiger charge is 2.19. The summed E-state index contributed by atoms with van der Waals surface area (Å²) < 4.78 is 27.7. The van der Waals surface area contributed by atoms with Crippen molar-refractivity contribution in [2.45, 2.75) is 17.6 Å². The number of carboxylic acid groups (broad SMARTS) is 1. The minimum absolute atomic E-state index is 0.0582. The third-order valence-corrected chi connectivity index (χ3v) is 5.85. The van der Waals surface area contributed by atoms with Gasteiger partial charge in [-0.15, -0.1) is 11.3 Å². The molecule has 0 aliphatic carbocycles. The highest BCUT2D eigenvalue weighted by atomic mass is 79.9. The molecule has 0 fully saturated rings. The zero-order chi connectivity index (χ0) is 15.6. The number of hydrogen-bond acceptors (Lipinski definition) is 5. The summed E-state index contributed by atoms with van der Waals surface area (Å²) >= 11 is 4.18. The first-order valence-corrected chi connectivity index (χ1v) is 8.82. The summed E-state index contributed by atoms with van der Waals surface area (Å²) in [6.45, 7) is 1.74. The molecular formula is C12H11BrN2O4S2. The molecule has 0 saturated heterocycles. The van der Waals surface area contributed by atoms with Crippen LogP contribution in [0, 0.1) is 6.92 Å². The number of thiophene rings is 1. The highest BCUT2D eigenvalue weighted by molar-refractivity contribution is 9.10. The smallest absolute Gasteiger partial charge is 0.308 e. The van der Waals surface area contributed by atoms with Crippen molar-refractivity contribution in [1.29, 1.82) is 0 Å². The first-order chi connectivity index (χ1) is 9.78. The quantitative estimate of drug-likeness (QED) is 0.817. The molecule has 2 aromatic rings. The van der Waals surface area contributed by atoms with Crippen LogP contribution in [0.3, 0.4) is 0 Å². The molecule has 6 nitrogen and oxygen atoms in total. The lowest BCUT2D eigenvalue weighted by molar-refractivity contribution is -0.136. The van der Waals surface area contributed by atoms with E-state index in [1.54, 1.807) is 13.0 Å². The molecule has 0 bridgehead atoms. The van der Waals surface area contributed by atoms with Gasteiger partial charge >= 0.3 is 5.97 Å². The zero-order valence-corrected chi connectivity index (χ0v) is 14.0. The number of rotatable bonds is 5. The summed E-state index contributed by atoms with van der Waals surface area (Å²) in [6, 6.07) is 4.63. The van der Waals surface area contributed by atoms with Crippen molar-refractivity contribution in [2.24, 2.45) is 0 Å². The molecule has 0 aromatic carbocycles. The molecule has 0 spiro atoms. The summed E-state index contributed by atoms with van der Waals surface area (Å²) in [4.78, 5) is 15.1. The number of sulfonamides is 1. The second kappa shape index (κ2) is 6.12. The normalized spacial score (nSPS) is 11.3. The lowest BCUT2D eigenvalue weighted by atomic mass is 10.3. The third kappa shape index (κ3) is 4.02. The molecule has 2 aromatic heterocycles. The Labute approximate surface area is 134 Å². The molecule has 9 heteroatoms. The molecule has 0 aliphatic heterocycles. The van der Waals surface area contributed by atoms with Crippen LogP contribution in [0.4, 0.5) is 5.82 Å². The van der Waals surface area contributed by atoms with Gasteiger partial charge in [0.2, 0.25) is 0 Å². The van der Waals surface area contributed by atoms with E-state index in [2.05, 4.69) is 25.6 Å². The van der Waals surface area contributed by atoms with Gasteiger partial charge in [-0.2, -0.15) is 0 Å². The van der Waals surface area contributed by atoms with E-state index < -0.39 is 16.0 Å². The van der Waals surface area contributed by atoms with Gasteiger partial charge in [-0.1, -0.05) is 0 Å². The second-order valence-electron chi connectivity index (χ2n) is 4.22. The van der Waals surface area contributed by atoms with E-state index in [0.29, 0.717) is 10.4 Å². The molecule has 0 radical (unpaired) electrons. The first kappa shape index (κ1) is 15.9. The fourth-order valence-electron chi connectivity index (χ4n) is 1.57. The van der Waals surface area contributed by atoms with Crippen LogP contribution in [-0.4, -0.2) is 24.5 Å². The number of nitrogens with zero attached hydrogens (tertiary/aromatic N) is 1. The first-order valence-electron chi connectivity index (χ1n) is 5.73. The molecule has 0 amide bonds. The van der Waals surface area contributed by atoms with Crippen molar-refractivity contribution >= 4 is 49.1 Å². The van der Waals surface area contributed by atoms with Crippen molar-refractivity contribution < 1.29 is 18.3 Å². The van der Waals surface area contributed by atoms with E-state index in [0.717, 1.165) is 15.8 Å². The average Bonchev–Trinajstić information content (AvgIpc) is 2.81. The summed E-state index contributed by atoms with van der Waals surface area (Å²) in [6.07, 6.45) is 1.30. The Morgan fingerprint density at radius 3 is 2.81 bits per heavy atom. The van der Waals surface area contributed by atoms with Crippen molar-refractivity contribution in [1.82, 2.24) is 4.98 Å². The van der Waals surface area contributed by atoms with Crippen molar-refractivity contribution in [3.8, 4) is 0 Å². The van der Waals surface area contributed by atoms with Gasteiger partial charge in [0.15, 0.2) is 0 Å². The van der Waals surface area contributed by atoms with E-state index in [-0.39, 0.29) is 16.4 Å². The summed E-state index contributed by atoms with van der Waals surface area (Å²) in [5.41, 5.74) is 0.676. The summed E-state index contributed by atoms with van der Waals surface area (Å²) in [7, 11) is -3.77. The molecule has 2 heterocycles. The highest BCUT2D eigenvalue weighted by Crippen LogP contribution is 2.25. The Hall–Kier alpha value is -1.45. The van der Waals surface area contributed by atoms with E-state index in [9.17, 15) is 13.2 Å². The van der Waals surface area contributed by atoms with Crippen molar-refractivity contribution in [3.05, 3.63) is 39.3 Å². The Balaban J connectivity index is 2.25. The maximum absolute atomic E-state index is 12.2. The van der Waals surface area contributed by atoms with Gasteiger partial charge in [-0.05, 0) is 46.6 Å². The van der Waals surface area contributed by atoms with Crippen molar-refractivity contribution in [2.75, 3.05) is 4.72 Å². The Bertz CT molecular complexity index is 786. The van der Waals surface area contributed by atoms with Crippen LogP contribution in [0.2, 0.25) is 0 Å². The number of hydrogen-bond donors (Lipinski definition) is 2. The Morgan fingerprint density at radius 1 is 1.48 bits per heavy atom. The zero-order valence-electron chi connectivity index (χ0n) is 10.8. The molecule has 112 valence electrons. The molecule has 0 saturated carbocycles. The molecule has 2 rings (SSSR count). The SMILES string of the molecule is Cc1cc(Br)cnc1NS(=O)(=O)c1ccc(CC(=O)O)s1. The number of carbonyl (C=O) groups is 1. The minimum atomic E-state index is -3.77. The number of anilines is 1. The maximum Gasteiger partial charge on any atom is 0.308 e. The number of nitrogens with one attached hydrogen (secondary N) is 1. The number of carboxylic acids is 1. The minimum Gasteiger partial charge on any atom is -0.481 e. The lowest BCUT2D eigenvalue weighted by Crippen LogP contribution is -2.13.